The molecule has 0 saturated carbocycles. The summed E-state index contributed by atoms with van der Waals surface area (Å²) in [7, 11) is -3.06. The number of fused-ring (bicyclic) bond motifs is 1. The molecule has 6 heteroatoms. The minimum atomic E-state index is -4.37. The minimum absolute atomic E-state index is 0.131. The Morgan fingerprint density at radius 3 is 2.41 bits per heavy atom. The molecule has 3 aromatic rings. The Balaban J connectivity index is 2.14. The Hall–Kier alpha value is -2.44. The van der Waals surface area contributed by atoms with Crippen molar-refractivity contribution in [1.82, 2.24) is 4.98 Å². The molecular formula is C16H13NO4S. The van der Waals surface area contributed by atoms with E-state index in [0.717, 1.165) is 16.3 Å². The van der Waals surface area contributed by atoms with E-state index < -0.39 is 10.1 Å². The summed E-state index contributed by atoms with van der Waals surface area (Å²) in [5.74, 6) is -0.131. The molecule has 0 fully saturated rings. The fraction of sp³-hybridized carbons (Fsp3) is 0.0625. The number of nitrogens with zero attached hydrogens (tertiary/aromatic N) is 1. The molecule has 5 nitrogen and oxygen atoms in total. The molecule has 0 aliphatic rings. The summed E-state index contributed by atoms with van der Waals surface area (Å²) in [5.41, 5.74) is 1.40. The van der Waals surface area contributed by atoms with Gasteiger partial charge in [-0.2, -0.15) is 8.42 Å². The van der Waals surface area contributed by atoms with E-state index in [-0.39, 0.29) is 10.8 Å². The number of hydrogen-bond donors (Lipinski definition) is 1. The van der Waals surface area contributed by atoms with Crippen LogP contribution in [0.5, 0.6) is 5.88 Å². The molecule has 22 heavy (non-hydrogen) atoms. The number of pyridine rings is 1. The summed E-state index contributed by atoms with van der Waals surface area (Å²) in [4.78, 5) is 3.83. The van der Waals surface area contributed by atoms with E-state index in [0.29, 0.717) is 5.69 Å². The van der Waals surface area contributed by atoms with Crippen LogP contribution in [0.3, 0.4) is 0 Å². The fourth-order valence-corrected chi connectivity index (χ4v) is 2.87. The van der Waals surface area contributed by atoms with Crippen molar-refractivity contribution in [3.05, 3.63) is 54.6 Å². The highest BCUT2D eigenvalue weighted by atomic mass is 32.2. The molecule has 3 rings (SSSR count). The quantitative estimate of drug-likeness (QED) is 0.751. The van der Waals surface area contributed by atoms with Gasteiger partial charge >= 0.3 is 0 Å². The second-order valence-corrected chi connectivity index (χ2v) is 6.13. The summed E-state index contributed by atoms with van der Waals surface area (Å²) in [5, 5.41) is 2.16. The average molecular weight is 315 g/mol. The fourth-order valence-electron chi connectivity index (χ4n) is 2.28. The van der Waals surface area contributed by atoms with Crippen LogP contribution in [0.2, 0.25) is 0 Å². The second kappa shape index (κ2) is 5.40. The predicted molar refractivity (Wildman–Crippen MR) is 83.5 cm³/mol. The van der Waals surface area contributed by atoms with E-state index in [1.165, 1.54) is 19.2 Å². The van der Waals surface area contributed by atoms with Crippen LogP contribution in [0, 0.1) is 0 Å². The van der Waals surface area contributed by atoms with E-state index in [1.54, 1.807) is 0 Å². The third-order valence-corrected chi connectivity index (χ3v) is 4.21. The van der Waals surface area contributed by atoms with E-state index >= 15 is 0 Å². The van der Waals surface area contributed by atoms with Crippen LogP contribution in [0.1, 0.15) is 0 Å². The zero-order valence-corrected chi connectivity index (χ0v) is 12.5. The lowest BCUT2D eigenvalue weighted by molar-refractivity contribution is 0.381. The van der Waals surface area contributed by atoms with Crippen LogP contribution in [-0.4, -0.2) is 25.1 Å². The largest absolute Gasteiger partial charge is 0.480 e. The van der Waals surface area contributed by atoms with E-state index in [9.17, 15) is 8.42 Å². The van der Waals surface area contributed by atoms with Crippen LogP contribution in [0.15, 0.2) is 59.5 Å². The lowest BCUT2D eigenvalue weighted by Gasteiger charge is -2.08. The first kappa shape index (κ1) is 14.5. The molecule has 0 aliphatic carbocycles. The molecule has 0 amide bonds. The highest BCUT2D eigenvalue weighted by molar-refractivity contribution is 7.86. The van der Waals surface area contributed by atoms with Crippen LogP contribution in [0.25, 0.3) is 22.0 Å². The Labute approximate surface area is 127 Å². The highest BCUT2D eigenvalue weighted by Gasteiger charge is 2.18. The Kier molecular flexibility index (Phi) is 3.56. The lowest BCUT2D eigenvalue weighted by Crippen LogP contribution is -2.03. The van der Waals surface area contributed by atoms with Crippen molar-refractivity contribution < 1.29 is 17.7 Å². The van der Waals surface area contributed by atoms with Gasteiger partial charge in [-0.3, -0.25) is 4.55 Å². The highest BCUT2D eigenvalue weighted by Crippen LogP contribution is 2.28. The van der Waals surface area contributed by atoms with E-state index in [1.807, 2.05) is 42.5 Å². The van der Waals surface area contributed by atoms with Gasteiger partial charge in [-0.15, -0.1) is 0 Å². The van der Waals surface area contributed by atoms with Crippen LogP contribution < -0.4 is 4.74 Å². The lowest BCUT2D eigenvalue weighted by atomic mass is 10.0. The third kappa shape index (κ3) is 2.66. The molecule has 1 N–H and O–H groups in total. The monoisotopic (exact) mass is 315 g/mol. The molecule has 0 saturated heterocycles. The molecule has 1 heterocycles. The molecule has 0 unspecified atom stereocenters. The predicted octanol–water partition coefficient (Wildman–Crippen LogP) is 3.16. The summed E-state index contributed by atoms with van der Waals surface area (Å²) in [6.07, 6.45) is 0. The maximum atomic E-state index is 11.3. The van der Waals surface area contributed by atoms with Crippen molar-refractivity contribution in [1.29, 1.82) is 0 Å². The summed E-state index contributed by atoms with van der Waals surface area (Å²) in [6.45, 7) is 0. The maximum Gasteiger partial charge on any atom is 0.299 e. The van der Waals surface area contributed by atoms with Crippen molar-refractivity contribution in [2.45, 2.75) is 4.90 Å². The maximum absolute atomic E-state index is 11.3. The van der Waals surface area contributed by atoms with Crippen LogP contribution in [-0.2, 0) is 10.1 Å². The standard InChI is InChI=1S/C16H13NO4S/c1-21-16-15(22(18,19)20)9-8-14(17-16)13-7-6-11-4-2-3-5-12(11)10-13/h2-10H,1H3,(H,18,19,20). The van der Waals surface area contributed by atoms with Gasteiger partial charge in [-0.05, 0) is 29.0 Å². The first-order valence-electron chi connectivity index (χ1n) is 6.51. The number of hydrogen-bond acceptors (Lipinski definition) is 4. The molecule has 0 atom stereocenters. The molecule has 2 aromatic carbocycles. The van der Waals surface area contributed by atoms with Crippen molar-refractivity contribution in [2.24, 2.45) is 0 Å². The van der Waals surface area contributed by atoms with Crippen LogP contribution in [0.4, 0.5) is 0 Å². The van der Waals surface area contributed by atoms with Gasteiger partial charge in [0.05, 0.1) is 12.8 Å². The van der Waals surface area contributed by atoms with Gasteiger partial charge in [0, 0.05) is 5.56 Å². The summed E-state index contributed by atoms with van der Waals surface area (Å²) < 4.78 is 36.7. The second-order valence-electron chi connectivity index (χ2n) is 4.74. The Bertz CT molecular complexity index is 951. The number of rotatable bonds is 3. The zero-order chi connectivity index (χ0) is 15.7. The van der Waals surface area contributed by atoms with Crippen molar-refractivity contribution >= 4 is 20.9 Å². The van der Waals surface area contributed by atoms with Gasteiger partial charge in [0.2, 0.25) is 5.88 Å². The van der Waals surface area contributed by atoms with Crippen molar-refractivity contribution in [2.75, 3.05) is 7.11 Å². The molecule has 0 radical (unpaired) electrons. The van der Waals surface area contributed by atoms with Gasteiger partial charge in [-0.25, -0.2) is 4.98 Å². The van der Waals surface area contributed by atoms with Crippen molar-refractivity contribution in [3.63, 3.8) is 0 Å². The van der Waals surface area contributed by atoms with Crippen molar-refractivity contribution in [3.8, 4) is 17.1 Å². The number of methoxy groups -OCH3 is 1. The van der Waals surface area contributed by atoms with E-state index in [2.05, 4.69) is 4.98 Å². The van der Waals surface area contributed by atoms with Gasteiger partial charge in [-0.1, -0.05) is 36.4 Å². The molecule has 0 aliphatic heterocycles. The number of benzene rings is 2. The van der Waals surface area contributed by atoms with Gasteiger partial charge in [0.15, 0.2) is 4.90 Å². The molecular weight excluding hydrogens is 302 g/mol. The van der Waals surface area contributed by atoms with Crippen LogP contribution >= 0.6 is 0 Å². The van der Waals surface area contributed by atoms with Gasteiger partial charge < -0.3 is 4.74 Å². The summed E-state index contributed by atoms with van der Waals surface area (Å²) >= 11 is 0. The zero-order valence-electron chi connectivity index (χ0n) is 11.7. The first-order valence-corrected chi connectivity index (χ1v) is 7.95. The Morgan fingerprint density at radius 1 is 1.00 bits per heavy atom. The van der Waals surface area contributed by atoms with E-state index in [4.69, 9.17) is 9.29 Å². The first-order chi connectivity index (χ1) is 10.5. The topological polar surface area (TPSA) is 76.5 Å². The molecule has 112 valence electrons. The van der Waals surface area contributed by atoms with Gasteiger partial charge in [0.25, 0.3) is 10.1 Å². The molecule has 0 spiro atoms. The third-order valence-electron chi connectivity index (χ3n) is 3.34. The minimum Gasteiger partial charge on any atom is -0.480 e. The smallest absolute Gasteiger partial charge is 0.299 e. The number of ether oxygens (including phenoxy) is 1. The number of aromatic nitrogens is 1. The SMILES string of the molecule is COc1nc(-c2ccc3ccccc3c2)ccc1S(=O)(=O)O. The average Bonchev–Trinajstić information content (AvgIpc) is 2.53. The van der Waals surface area contributed by atoms with Gasteiger partial charge in [0.1, 0.15) is 0 Å². The normalized spacial score (nSPS) is 11.5. The Morgan fingerprint density at radius 2 is 1.73 bits per heavy atom. The molecule has 0 bridgehead atoms. The summed E-state index contributed by atoms with van der Waals surface area (Å²) in [6, 6.07) is 16.6. The molecule has 1 aromatic heterocycles.